The van der Waals surface area contributed by atoms with Crippen LogP contribution >= 0.6 is 0 Å². The first-order valence-electron chi connectivity index (χ1n) is 5.73. The zero-order chi connectivity index (χ0) is 13.4. The van der Waals surface area contributed by atoms with Crippen LogP contribution < -0.4 is 5.73 Å². The lowest BCUT2D eigenvalue weighted by molar-refractivity contribution is 0.0762. The molecule has 0 aromatic carbocycles. The maximum atomic E-state index is 12.3. The van der Waals surface area contributed by atoms with Gasteiger partial charge in [-0.25, -0.2) is 8.42 Å². The first-order valence-corrected chi connectivity index (χ1v) is 7.17. The van der Waals surface area contributed by atoms with Crippen LogP contribution in [-0.2, 0) is 16.6 Å². The van der Waals surface area contributed by atoms with Crippen molar-refractivity contribution in [2.45, 2.75) is 30.4 Å². The van der Waals surface area contributed by atoms with Gasteiger partial charge in [0.05, 0.1) is 11.3 Å². The van der Waals surface area contributed by atoms with E-state index in [1.54, 1.807) is 13.0 Å². The van der Waals surface area contributed by atoms with Gasteiger partial charge in [-0.3, -0.25) is 4.98 Å². The van der Waals surface area contributed by atoms with E-state index in [1.165, 1.54) is 16.6 Å². The van der Waals surface area contributed by atoms with Crippen LogP contribution in [0.4, 0.5) is 0 Å². The summed E-state index contributed by atoms with van der Waals surface area (Å²) in [5, 5.41) is 9.82. The van der Waals surface area contributed by atoms with Crippen molar-refractivity contribution < 1.29 is 13.5 Å². The van der Waals surface area contributed by atoms with Gasteiger partial charge >= 0.3 is 0 Å². The number of β-amino-alcohol motifs (C(OH)–C–C–N with tert-alkyl or cyclic N) is 1. The minimum atomic E-state index is -3.56. The highest BCUT2D eigenvalue weighted by Crippen LogP contribution is 2.26. The Kier molecular flexibility index (Phi) is 3.41. The van der Waals surface area contributed by atoms with Gasteiger partial charge in [-0.1, -0.05) is 0 Å². The number of pyridine rings is 1. The van der Waals surface area contributed by atoms with Gasteiger partial charge in [0.15, 0.2) is 0 Å². The van der Waals surface area contributed by atoms with Crippen molar-refractivity contribution in [3.63, 3.8) is 0 Å². The maximum Gasteiger partial charge on any atom is 0.244 e. The molecule has 2 heterocycles. The fraction of sp³-hybridized carbons (Fsp3) is 0.545. The average Bonchev–Trinajstić information content (AvgIpc) is 2.70. The van der Waals surface area contributed by atoms with Crippen LogP contribution in [-0.4, -0.2) is 41.5 Å². The normalized spacial score (nSPS) is 25.5. The molecular formula is C11H17N3O3S. The smallest absolute Gasteiger partial charge is 0.244 e. The molecule has 1 aromatic rings. The van der Waals surface area contributed by atoms with Crippen LogP contribution in [0.1, 0.15) is 19.0 Å². The number of nitrogens with two attached hydrogens (primary N) is 1. The largest absolute Gasteiger partial charge is 0.389 e. The molecule has 0 saturated carbocycles. The van der Waals surface area contributed by atoms with Gasteiger partial charge in [0.2, 0.25) is 10.0 Å². The third-order valence-corrected chi connectivity index (χ3v) is 4.89. The predicted molar refractivity (Wildman–Crippen MR) is 66.1 cm³/mol. The van der Waals surface area contributed by atoms with Crippen LogP contribution in [0.2, 0.25) is 0 Å². The van der Waals surface area contributed by atoms with Crippen molar-refractivity contribution >= 4 is 10.0 Å². The van der Waals surface area contributed by atoms with Crippen molar-refractivity contribution in [3.05, 3.63) is 24.0 Å². The predicted octanol–water partition coefficient (Wildman–Crippen LogP) is -0.314. The van der Waals surface area contributed by atoms with Gasteiger partial charge in [-0.05, 0) is 25.5 Å². The molecule has 1 atom stereocenters. The van der Waals surface area contributed by atoms with E-state index in [0.717, 1.165) is 0 Å². The van der Waals surface area contributed by atoms with E-state index in [2.05, 4.69) is 4.98 Å². The monoisotopic (exact) mass is 271 g/mol. The molecule has 6 nitrogen and oxygen atoms in total. The van der Waals surface area contributed by atoms with Crippen LogP contribution in [0, 0.1) is 0 Å². The van der Waals surface area contributed by atoms with Crippen LogP contribution in [0.25, 0.3) is 0 Å². The zero-order valence-electron chi connectivity index (χ0n) is 10.2. The molecule has 1 aliphatic rings. The summed E-state index contributed by atoms with van der Waals surface area (Å²) in [5.74, 6) is 0. The van der Waals surface area contributed by atoms with E-state index < -0.39 is 15.6 Å². The van der Waals surface area contributed by atoms with Gasteiger partial charge in [0.1, 0.15) is 4.90 Å². The summed E-state index contributed by atoms with van der Waals surface area (Å²) in [5.41, 5.74) is 5.11. The molecule has 100 valence electrons. The lowest BCUT2D eigenvalue weighted by Gasteiger charge is -2.18. The van der Waals surface area contributed by atoms with Crippen molar-refractivity contribution in [3.8, 4) is 0 Å². The molecule has 1 fully saturated rings. The summed E-state index contributed by atoms with van der Waals surface area (Å²) >= 11 is 0. The Hall–Kier alpha value is -1.02. The van der Waals surface area contributed by atoms with Crippen molar-refractivity contribution in [2.24, 2.45) is 5.73 Å². The van der Waals surface area contributed by atoms with E-state index in [9.17, 15) is 13.5 Å². The Morgan fingerprint density at radius 3 is 2.72 bits per heavy atom. The van der Waals surface area contributed by atoms with Gasteiger partial charge in [-0.15, -0.1) is 0 Å². The van der Waals surface area contributed by atoms with Gasteiger partial charge in [0, 0.05) is 25.8 Å². The highest BCUT2D eigenvalue weighted by Gasteiger charge is 2.38. The number of aliphatic hydroxyl groups is 1. The van der Waals surface area contributed by atoms with Crippen LogP contribution in [0.5, 0.6) is 0 Å². The minimum Gasteiger partial charge on any atom is -0.389 e. The minimum absolute atomic E-state index is 0.119. The lowest BCUT2D eigenvalue weighted by Crippen LogP contribution is -2.34. The number of hydrogen-bond donors (Lipinski definition) is 2. The SMILES string of the molecule is CC1(O)CCN(S(=O)(=O)c2ccc(CN)nc2)C1. The Labute approximate surface area is 106 Å². The van der Waals surface area contributed by atoms with Crippen molar-refractivity contribution in [1.29, 1.82) is 0 Å². The zero-order valence-corrected chi connectivity index (χ0v) is 11.0. The van der Waals surface area contributed by atoms with Gasteiger partial charge < -0.3 is 10.8 Å². The maximum absolute atomic E-state index is 12.3. The van der Waals surface area contributed by atoms with Crippen LogP contribution in [0.15, 0.2) is 23.2 Å². The molecule has 0 spiro atoms. The fourth-order valence-corrected chi connectivity index (χ4v) is 3.45. The van der Waals surface area contributed by atoms with E-state index in [1.807, 2.05) is 0 Å². The third kappa shape index (κ3) is 2.54. The molecule has 0 amide bonds. The second kappa shape index (κ2) is 4.58. The van der Waals surface area contributed by atoms with Gasteiger partial charge in [0.25, 0.3) is 0 Å². The molecule has 1 aromatic heterocycles. The molecular weight excluding hydrogens is 254 g/mol. The Morgan fingerprint density at radius 2 is 2.28 bits per heavy atom. The van der Waals surface area contributed by atoms with E-state index >= 15 is 0 Å². The Balaban J connectivity index is 2.25. The molecule has 1 aliphatic heterocycles. The molecule has 1 unspecified atom stereocenters. The quantitative estimate of drug-likeness (QED) is 0.786. The molecule has 3 N–H and O–H groups in total. The summed E-state index contributed by atoms with van der Waals surface area (Å²) in [6, 6.07) is 3.10. The summed E-state index contributed by atoms with van der Waals surface area (Å²) in [4.78, 5) is 4.11. The number of hydrogen-bond acceptors (Lipinski definition) is 5. The summed E-state index contributed by atoms with van der Waals surface area (Å²) < 4.78 is 25.8. The van der Waals surface area contributed by atoms with E-state index in [0.29, 0.717) is 18.7 Å². The molecule has 2 rings (SSSR count). The summed E-state index contributed by atoms with van der Waals surface area (Å²) in [6.45, 7) is 2.36. The molecule has 18 heavy (non-hydrogen) atoms. The van der Waals surface area contributed by atoms with Crippen molar-refractivity contribution in [1.82, 2.24) is 9.29 Å². The van der Waals surface area contributed by atoms with Crippen LogP contribution in [0.3, 0.4) is 0 Å². The molecule has 0 radical (unpaired) electrons. The average molecular weight is 271 g/mol. The Morgan fingerprint density at radius 1 is 1.56 bits per heavy atom. The number of rotatable bonds is 3. The lowest BCUT2D eigenvalue weighted by atomic mass is 10.1. The second-order valence-corrected chi connectivity index (χ2v) is 6.71. The standard InChI is InChI=1S/C11H17N3O3S/c1-11(15)4-5-14(8-11)18(16,17)10-3-2-9(6-12)13-7-10/h2-3,7,15H,4-6,8,12H2,1H3. The number of aromatic nitrogens is 1. The molecule has 7 heteroatoms. The fourth-order valence-electron chi connectivity index (χ4n) is 1.94. The summed E-state index contributed by atoms with van der Waals surface area (Å²) in [6.07, 6.45) is 1.76. The van der Waals surface area contributed by atoms with Crippen molar-refractivity contribution in [2.75, 3.05) is 13.1 Å². The topological polar surface area (TPSA) is 96.5 Å². The van der Waals surface area contributed by atoms with Gasteiger partial charge in [-0.2, -0.15) is 4.31 Å². The number of nitrogens with zero attached hydrogens (tertiary/aromatic N) is 2. The molecule has 0 aliphatic carbocycles. The first kappa shape index (κ1) is 13.4. The Bertz CT molecular complexity index is 525. The first-order chi connectivity index (χ1) is 8.35. The van der Waals surface area contributed by atoms with E-state index in [-0.39, 0.29) is 18.0 Å². The van der Waals surface area contributed by atoms with E-state index in [4.69, 9.17) is 5.73 Å². The summed E-state index contributed by atoms with van der Waals surface area (Å²) in [7, 11) is -3.56. The third-order valence-electron chi connectivity index (χ3n) is 3.06. The highest BCUT2D eigenvalue weighted by atomic mass is 32.2. The molecule has 0 bridgehead atoms. The second-order valence-electron chi connectivity index (χ2n) is 4.77. The molecule has 1 saturated heterocycles. The number of sulfonamides is 1. The highest BCUT2D eigenvalue weighted by molar-refractivity contribution is 7.89.